The van der Waals surface area contributed by atoms with Crippen molar-refractivity contribution in [2.75, 3.05) is 26.4 Å². The van der Waals surface area contributed by atoms with Crippen LogP contribution in [-0.2, 0) is 16.4 Å². The summed E-state index contributed by atoms with van der Waals surface area (Å²) in [5.74, 6) is 0.165. The van der Waals surface area contributed by atoms with Crippen molar-refractivity contribution in [3.63, 3.8) is 0 Å². The van der Waals surface area contributed by atoms with Crippen molar-refractivity contribution in [1.82, 2.24) is 14.7 Å². The van der Waals surface area contributed by atoms with Crippen LogP contribution >= 0.6 is 15.9 Å². The maximum atomic E-state index is 12.2. The molecule has 2 atom stereocenters. The van der Waals surface area contributed by atoms with E-state index in [0.29, 0.717) is 29.6 Å². The van der Waals surface area contributed by atoms with Crippen molar-refractivity contribution < 1.29 is 13.5 Å². The number of hydrogen-bond acceptors (Lipinski definition) is 5. The van der Waals surface area contributed by atoms with Gasteiger partial charge < -0.3 is 10.0 Å². The van der Waals surface area contributed by atoms with Gasteiger partial charge in [0.1, 0.15) is 6.10 Å². The SMILES string of the molecule is CN(C)CCn1ncc(Br)c1C(O)C1CCCCS1(=O)=O. The minimum atomic E-state index is -3.24. The second kappa shape index (κ2) is 6.76. The monoisotopic (exact) mass is 379 g/mol. The standard InChI is InChI=1S/C13H22BrN3O3S/c1-16(2)6-7-17-12(10(14)9-15-17)13(18)11-5-3-4-8-21(11,19)20/h9,11,13,18H,3-8H2,1-2H3. The van der Waals surface area contributed by atoms with E-state index in [1.165, 1.54) is 0 Å². The van der Waals surface area contributed by atoms with Crippen molar-refractivity contribution in [1.29, 1.82) is 0 Å². The number of likely N-dealkylation sites (N-methyl/N-ethyl adjacent to an activating group) is 1. The molecule has 6 nitrogen and oxygen atoms in total. The fourth-order valence-corrected chi connectivity index (χ4v) is 5.14. The summed E-state index contributed by atoms with van der Waals surface area (Å²) >= 11 is 3.38. The van der Waals surface area contributed by atoms with Gasteiger partial charge in [0.2, 0.25) is 0 Å². The van der Waals surface area contributed by atoms with Crippen molar-refractivity contribution in [3.05, 3.63) is 16.4 Å². The molecule has 0 aromatic carbocycles. The van der Waals surface area contributed by atoms with Crippen LogP contribution in [0.25, 0.3) is 0 Å². The fourth-order valence-electron chi connectivity index (χ4n) is 2.65. The summed E-state index contributed by atoms with van der Waals surface area (Å²) in [4.78, 5) is 2.02. The molecule has 8 heteroatoms. The number of aromatic nitrogens is 2. The second-order valence-corrected chi connectivity index (χ2v) is 8.94. The van der Waals surface area contributed by atoms with Crippen LogP contribution in [0.1, 0.15) is 31.1 Å². The molecule has 1 N–H and O–H groups in total. The number of hydrogen-bond donors (Lipinski definition) is 1. The first kappa shape index (κ1) is 16.9. The van der Waals surface area contributed by atoms with Crippen LogP contribution in [-0.4, -0.2) is 59.8 Å². The number of aliphatic hydroxyl groups excluding tert-OH is 1. The van der Waals surface area contributed by atoms with E-state index in [9.17, 15) is 13.5 Å². The molecule has 0 radical (unpaired) electrons. The summed E-state index contributed by atoms with van der Waals surface area (Å²) in [5.41, 5.74) is 0.562. The van der Waals surface area contributed by atoms with Gasteiger partial charge in [0.05, 0.1) is 33.9 Å². The quantitative estimate of drug-likeness (QED) is 0.831. The smallest absolute Gasteiger partial charge is 0.156 e. The van der Waals surface area contributed by atoms with Gasteiger partial charge in [-0.05, 0) is 42.9 Å². The Kier molecular flexibility index (Phi) is 5.45. The molecule has 1 aliphatic heterocycles. The Balaban J connectivity index is 2.26. The van der Waals surface area contributed by atoms with Gasteiger partial charge in [-0.3, -0.25) is 4.68 Å². The Morgan fingerprint density at radius 2 is 2.24 bits per heavy atom. The Labute approximate surface area is 134 Å². The Morgan fingerprint density at radius 3 is 2.86 bits per heavy atom. The fraction of sp³-hybridized carbons (Fsp3) is 0.769. The van der Waals surface area contributed by atoms with Gasteiger partial charge in [-0.2, -0.15) is 5.10 Å². The van der Waals surface area contributed by atoms with E-state index in [-0.39, 0.29) is 5.75 Å². The highest BCUT2D eigenvalue weighted by Crippen LogP contribution is 2.33. The van der Waals surface area contributed by atoms with E-state index in [4.69, 9.17) is 0 Å². The van der Waals surface area contributed by atoms with Crippen molar-refractivity contribution in [2.24, 2.45) is 0 Å². The van der Waals surface area contributed by atoms with Gasteiger partial charge in [-0.15, -0.1) is 0 Å². The van der Waals surface area contributed by atoms with Gasteiger partial charge in [0.15, 0.2) is 9.84 Å². The van der Waals surface area contributed by atoms with Gasteiger partial charge in [0.25, 0.3) is 0 Å². The first-order valence-electron chi connectivity index (χ1n) is 7.08. The van der Waals surface area contributed by atoms with Crippen molar-refractivity contribution in [3.8, 4) is 0 Å². The number of rotatable bonds is 5. The third-order valence-electron chi connectivity index (χ3n) is 3.85. The van der Waals surface area contributed by atoms with Crippen molar-refractivity contribution >= 4 is 25.8 Å². The minimum absolute atomic E-state index is 0.165. The molecule has 1 fully saturated rings. The second-order valence-electron chi connectivity index (χ2n) is 5.75. The molecule has 2 heterocycles. The zero-order chi connectivity index (χ0) is 15.6. The molecule has 120 valence electrons. The normalized spacial score (nSPS) is 23.4. The average Bonchev–Trinajstić information content (AvgIpc) is 2.76. The summed E-state index contributed by atoms with van der Waals surface area (Å²) in [6, 6.07) is 0. The summed E-state index contributed by atoms with van der Waals surface area (Å²) < 4.78 is 26.7. The van der Waals surface area contributed by atoms with Crippen LogP contribution in [0.3, 0.4) is 0 Å². The lowest BCUT2D eigenvalue weighted by molar-refractivity contribution is 0.151. The minimum Gasteiger partial charge on any atom is -0.385 e. The average molecular weight is 380 g/mol. The molecule has 2 unspecified atom stereocenters. The third kappa shape index (κ3) is 3.85. The Bertz CT molecular complexity index is 585. The van der Waals surface area contributed by atoms with E-state index in [0.717, 1.165) is 13.0 Å². The van der Waals surface area contributed by atoms with E-state index in [1.807, 2.05) is 19.0 Å². The highest BCUT2D eigenvalue weighted by atomic mass is 79.9. The number of sulfone groups is 1. The molecule has 0 spiro atoms. The van der Waals surface area contributed by atoms with Crippen LogP contribution in [0.4, 0.5) is 0 Å². The molecule has 2 rings (SSSR count). The molecule has 0 saturated carbocycles. The molecule has 1 aromatic heterocycles. The number of aliphatic hydroxyl groups is 1. The van der Waals surface area contributed by atoms with E-state index >= 15 is 0 Å². The summed E-state index contributed by atoms with van der Waals surface area (Å²) in [7, 11) is 0.681. The van der Waals surface area contributed by atoms with Gasteiger partial charge in [-0.1, -0.05) is 6.42 Å². The molecular weight excluding hydrogens is 358 g/mol. The number of nitrogens with zero attached hydrogens (tertiary/aromatic N) is 3. The maximum absolute atomic E-state index is 12.2. The van der Waals surface area contributed by atoms with Crippen LogP contribution in [0, 0.1) is 0 Å². The largest absolute Gasteiger partial charge is 0.385 e. The van der Waals surface area contributed by atoms with E-state index in [2.05, 4.69) is 21.0 Å². The lowest BCUT2D eigenvalue weighted by Crippen LogP contribution is -2.35. The lowest BCUT2D eigenvalue weighted by atomic mass is 10.1. The summed E-state index contributed by atoms with van der Waals surface area (Å²) in [6.07, 6.45) is 2.62. The molecule has 1 aliphatic rings. The molecule has 0 amide bonds. The zero-order valence-electron chi connectivity index (χ0n) is 12.4. The van der Waals surface area contributed by atoms with Gasteiger partial charge in [0, 0.05) is 6.54 Å². The van der Waals surface area contributed by atoms with Gasteiger partial charge in [-0.25, -0.2) is 8.42 Å². The third-order valence-corrected chi connectivity index (χ3v) is 6.74. The Morgan fingerprint density at radius 1 is 1.52 bits per heavy atom. The lowest BCUT2D eigenvalue weighted by Gasteiger charge is -2.27. The molecule has 0 aliphatic carbocycles. The summed E-state index contributed by atoms with van der Waals surface area (Å²) in [6.45, 7) is 1.38. The number of halogens is 1. The topological polar surface area (TPSA) is 75.4 Å². The zero-order valence-corrected chi connectivity index (χ0v) is 14.8. The maximum Gasteiger partial charge on any atom is 0.156 e. The molecule has 0 bridgehead atoms. The highest BCUT2D eigenvalue weighted by Gasteiger charge is 2.37. The first-order valence-corrected chi connectivity index (χ1v) is 9.59. The van der Waals surface area contributed by atoms with Crippen LogP contribution < -0.4 is 0 Å². The van der Waals surface area contributed by atoms with Crippen LogP contribution in [0.5, 0.6) is 0 Å². The molecule has 1 aromatic rings. The van der Waals surface area contributed by atoms with E-state index < -0.39 is 21.2 Å². The van der Waals surface area contributed by atoms with Crippen LogP contribution in [0.15, 0.2) is 10.7 Å². The van der Waals surface area contributed by atoms with Gasteiger partial charge >= 0.3 is 0 Å². The van der Waals surface area contributed by atoms with E-state index in [1.54, 1.807) is 10.9 Å². The van der Waals surface area contributed by atoms with Crippen LogP contribution in [0.2, 0.25) is 0 Å². The molecule has 21 heavy (non-hydrogen) atoms. The highest BCUT2D eigenvalue weighted by molar-refractivity contribution is 9.10. The Hall–Kier alpha value is -0.440. The molecule has 1 saturated heterocycles. The first-order chi connectivity index (χ1) is 9.83. The predicted molar refractivity (Wildman–Crippen MR) is 84.9 cm³/mol. The van der Waals surface area contributed by atoms with Crippen molar-refractivity contribution in [2.45, 2.75) is 37.2 Å². The predicted octanol–water partition coefficient (Wildman–Crippen LogP) is 1.21. The summed E-state index contributed by atoms with van der Waals surface area (Å²) in [5, 5.41) is 14.1. The molecular formula is C13H22BrN3O3S.